The summed E-state index contributed by atoms with van der Waals surface area (Å²) >= 11 is 0. The highest BCUT2D eigenvalue weighted by molar-refractivity contribution is 5.95. The predicted octanol–water partition coefficient (Wildman–Crippen LogP) is 1.06. The van der Waals surface area contributed by atoms with E-state index in [9.17, 15) is 29.1 Å². The van der Waals surface area contributed by atoms with Crippen molar-refractivity contribution in [2.24, 2.45) is 16.5 Å². The van der Waals surface area contributed by atoms with E-state index in [0.29, 0.717) is 11.0 Å². The van der Waals surface area contributed by atoms with Crippen LogP contribution in [0.2, 0.25) is 0 Å². The molecule has 2 aromatic carbocycles. The topological polar surface area (TPSA) is 228 Å². The smallest absolute Gasteiger partial charge is 0.408 e. The van der Waals surface area contributed by atoms with Crippen LogP contribution < -0.4 is 33.0 Å². The first-order valence-electron chi connectivity index (χ1n) is 15.1. The van der Waals surface area contributed by atoms with Crippen LogP contribution in [0.25, 0.3) is 11.0 Å². The van der Waals surface area contributed by atoms with Gasteiger partial charge in [-0.15, -0.1) is 0 Å². The number of para-hydroxylation sites is 1. The molecule has 0 saturated heterocycles. The van der Waals surface area contributed by atoms with Crippen molar-refractivity contribution in [3.05, 3.63) is 82.2 Å². The summed E-state index contributed by atoms with van der Waals surface area (Å²) in [6.07, 6.45) is -0.760. The number of alkyl carbamates (subject to hydrolysis) is 1. The summed E-state index contributed by atoms with van der Waals surface area (Å²) in [6, 6.07) is 13.5. The van der Waals surface area contributed by atoms with Crippen LogP contribution in [0.5, 0.6) is 0 Å². The maximum Gasteiger partial charge on any atom is 0.408 e. The van der Waals surface area contributed by atoms with E-state index in [2.05, 4.69) is 20.9 Å². The molecule has 0 aliphatic carbocycles. The Morgan fingerprint density at radius 1 is 0.915 bits per heavy atom. The normalized spacial score (nSPS) is 13.1. The Hall–Kier alpha value is -5.24. The molecule has 0 aliphatic heterocycles. The second-order valence-electron chi connectivity index (χ2n) is 11.9. The van der Waals surface area contributed by atoms with Crippen LogP contribution in [0, 0.1) is 0 Å². The molecular formula is C33H42N6O8. The van der Waals surface area contributed by atoms with Gasteiger partial charge in [-0.2, -0.15) is 0 Å². The fraction of sp³-hybridized carbons (Fsp3) is 0.394. The van der Waals surface area contributed by atoms with E-state index in [4.69, 9.17) is 20.6 Å². The van der Waals surface area contributed by atoms with E-state index in [1.807, 2.05) is 0 Å². The standard InChI is InChI=1S/C33H42N6O8/c1-33(2,3)47-32(45)39-24(16-20-10-5-4-6-11-20)28(42)38-25(19-40)29(43)37-23(13-9-15-36-31(34)35)26(41)18-22-17-21-12-7-8-14-27(21)46-30(22)44/h4-8,10-12,14,17,23-25,40H,9,13,15-16,18-19H2,1-3H3,(H,37,43)(H,38,42)(H,39,45)(H4,34,35,36). The number of nitrogens with one attached hydrogen (secondary N) is 3. The summed E-state index contributed by atoms with van der Waals surface area (Å²) < 4.78 is 10.6. The number of benzene rings is 2. The second-order valence-corrected chi connectivity index (χ2v) is 11.9. The molecule has 14 nitrogen and oxygen atoms in total. The van der Waals surface area contributed by atoms with Crippen LogP contribution in [-0.4, -0.2) is 71.6 Å². The number of aliphatic imine (C=N–C) groups is 1. The average Bonchev–Trinajstić information content (AvgIpc) is 3.00. The number of carbonyl (C=O) groups is 4. The van der Waals surface area contributed by atoms with Gasteiger partial charge in [0.25, 0.3) is 0 Å². The Bertz CT molecular complexity index is 1630. The Morgan fingerprint density at radius 2 is 1.55 bits per heavy atom. The molecule has 1 heterocycles. The number of carbonyl (C=O) groups excluding carboxylic acids is 4. The molecule has 3 rings (SSSR count). The van der Waals surface area contributed by atoms with Gasteiger partial charge in [-0.05, 0) is 51.3 Å². The van der Waals surface area contributed by atoms with E-state index in [0.717, 1.165) is 5.56 Å². The zero-order valence-electron chi connectivity index (χ0n) is 26.7. The largest absolute Gasteiger partial charge is 0.444 e. The fourth-order valence-electron chi connectivity index (χ4n) is 4.60. The van der Waals surface area contributed by atoms with Crippen molar-refractivity contribution in [2.75, 3.05) is 13.2 Å². The number of amides is 3. The SMILES string of the molecule is CC(C)(C)OC(=O)NC(Cc1ccccc1)C(=O)NC(CO)C(=O)NC(CCCN=C(N)N)C(=O)Cc1cc2ccccc2oc1=O. The molecule has 1 aromatic heterocycles. The molecular weight excluding hydrogens is 608 g/mol. The van der Waals surface area contributed by atoms with E-state index in [1.165, 1.54) is 0 Å². The zero-order chi connectivity index (χ0) is 34.6. The van der Waals surface area contributed by atoms with Crippen LogP contribution in [0.4, 0.5) is 4.79 Å². The van der Waals surface area contributed by atoms with Gasteiger partial charge in [0.05, 0.1) is 12.6 Å². The van der Waals surface area contributed by atoms with E-state index < -0.39 is 59.6 Å². The number of ketones is 1. The zero-order valence-corrected chi connectivity index (χ0v) is 26.7. The highest BCUT2D eigenvalue weighted by atomic mass is 16.6. The first-order valence-corrected chi connectivity index (χ1v) is 15.1. The summed E-state index contributed by atoms with van der Waals surface area (Å²) in [5.41, 5.74) is 10.5. The third-order valence-corrected chi connectivity index (χ3v) is 6.83. The molecule has 14 heteroatoms. The lowest BCUT2D eigenvalue weighted by molar-refractivity contribution is -0.133. The summed E-state index contributed by atoms with van der Waals surface area (Å²) in [4.78, 5) is 69.2. The number of nitrogens with zero attached hydrogens (tertiary/aromatic N) is 1. The number of nitrogens with two attached hydrogens (primary N) is 2. The molecule has 3 aromatic rings. The van der Waals surface area contributed by atoms with Gasteiger partial charge >= 0.3 is 11.7 Å². The Morgan fingerprint density at radius 3 is 2.21 bits per heavy atom. The minimum Gasteiger partial charge on any atom is -0.444 e. The van der Waals surface area contributed by atoms with E-state index in [-0.39, 0.29) is 43.8 Å². The number of fused-ring (bicyclic) bond motifs is 1. The third-order valence-electron chi connectivity index (χ3n) is 6.83. The van der Waals surface area contributed by atoms with Crippen LogP contribution in [0.1, 0.15) is 44.7 Å². The van der Waals surface area contributed by atoms with Gasteiger partial charge in [0.2, 0.25) is 11.8 Å². The van der Waals surface area contributed by atoms with Gasteiger partial charge in [0, 0.05) is 30.3 Å². The van der Waals surface area contributed by atoms with E-state index >= 15 is 0 Å². The number of aliphatic hydroxyl groups is 1. The highest BCUT2D eigenvalue weighted by Gasteiger charge is 2.31. The summed E-state index contributed by atoms with van der Waals surface area (Å²) in [5, 5.41) is 18.3. The number of guanidine groups is 1. The van der Waals surface area contributed by atoms with Crippen molar-refractivity contribution in [2.45, 2.75) is 70.2 Å². The Balaban J connectivity index is 1.77. The second kappa shape index (κ2) is 16.9. The van der Waals surface area contributed by atoms with Crippen molar-refractivity contribution >= 4 is 40.6 Å². The lowest BCUT2D eigenvalue weighted by atomic mass is 9.99. The van der Waals surface area contributed by atoms with Gasteiger partial charge in [0.15, 0.2) is 11.7 Å². The molecule has 252 valence electrons. The maximum absolute atomic E-state index is 13.5. The minimum absolute atomic E-state index is 0.0614. The van der Waals surface area contributed by atoms with E-state index in [1.54, 1.807) is 81.4 Å². The Kier molecular flexibility index (Phi) is 13.0. The molecule has 0 fully saturated rings. The fourth-order valence-corrected chi connectivity index (χ4v) is 4.60. The van der Waals surface area contributed by atoms with Crippen molar-refractivity contribution in [1.82, 2.24) is 16.0 Å². The predicted molar refractivity (Wildman–Crippen MR) is 175 cm³/mol. The molecule has 0 aliphatic rings. The van der Waals surface area contributed by atoms with Crippen molar-refractivity contribution in [3.63, 3.8) is 0 Å². The number of Topliss-reactive ketones (excluding diaryl/α,β-unsaturated/α-hetero) is 1. The summed E-state index contributed by atoms with van der Waals surface area (Å²) in [7, 11) is 0. The van der Waals surface area contributed by atoms with Crippen LogP contribution in [0.3, 0.4) is 0 Å². The molecule has 3 atom stereocenters. The van der Waals surface area contributed by atoms with Crippen molar-refractivity contribution in [3.8, 4) is 0 Å². The quantitative estimate of drug-likeness (QED) is 0.0593. The molecule has 8 N–H and O–H groups in total. The maximum atomic E-state index is 13.5. The van der Waals surface area contributed by atoms with Gasteiger partial charge in [-0.3, -0.25) is 19.4 Å². The Labute approximate surface area is 271 Å². The van der Waals surface area contributed by atoms with Gasteiger partial charge in [0.1, 0.15) is 23.3 Å². The molecule has 0 radical (unpaired) electrons. The summed E-state index contributed by atoms with van der Waals surface area (Å²) in [5.74, 6) is -2.28. The molecule has 0 bridgehead atoms. The number of hydrogen-bond acceptors (Lipinski definition) is 9. The summed E-state index contributed by atoms with van der Waals surface area (Å²) in [6.45, 7) is 4.37. The van der Waals surface area contributed by atoms with Gasteiger partial charge in [-0.1, -0.05) is 48.5 Å². The van der Waals surface area contributed by atoms with Crippen LogP contribution in [0.15, 0.2) is 74.9 Å². The van der Waals surface area contributed by atoms with Crippen LogP contribution in [-0.2, 0) is 32.0 Å². The first-order chi connectivity index (χ1) is 22.3. The molecule has 47 heavy (non-hydrogen) atoms. The first kappa shape index (κ1) is 36.2. The van der Waals surface area contributed by atoms with Crippen LogP contribution >= 0.6 is 0 Å². The molecule has 0 saturated carbocycles. The number of ether oxygens (including phenoxy) is 1. The van der Waals surface area contributed by atoms with Crippen molar-refractivity contribution < 1.29 is 33.4 Å². The highest BCUT2D eigenvalue weighted by Crippen LogP contribution is 2.14. The number of hydrogen-bond donors (Lipinski definition) is 6. The number of aliphatic hydroxyl groups excluding tert-OH is 1. The lowest BCUT2D eigenvalue weighted by Crippen LogP contribution is -2.57. The average molecular weight is 651 g/mol. The van der Waals surface area contributed by atoms with Gasteiger partial charge in [-0.25, -0.2) is 9.59 Å². The lowest BCUT2D eigenvalue weighted by Gasteiger charge is -2.26. The monoisotopic (exact) mass is 650 g/mol. The number of rotatable bonds is 15. The minimum atomic E-state index is -1.49. The third kappa shape index (κ3) is 11.9. The molecule has 3 amide bonds. The molecule has 3 unspecified atom stereocenters. The van der Waals surface area contributed by atoms with Crippen molar-refractivity contribution in [1.29, 1.82) is 0 Å². The van der Waals surface area contributed by atoms with Gasteiger partial charge < -0.3 is 41.7 Å². The molecule has 0 spiro atoms.